The van der Waals surface area contributed by atoms with Crippen molar-refractivity contribution in [1.82, 2.24) is 5.32 Å². The van der Waals surface area contributed by atoms with Crippen LogP contribution >= 0.6 is 0 Å². The molecule has 104 valence electrons. The van der Waals surface area contributed by atoms with E-state index in [4.69, 9.17) is 5.11 Å². The minimum absolute atomic E-state index is 0.0257. The van der Waals surface area contributed by atoms with E-state index < -0.39 is 18.0 Å². The molecule has 0 aromatic heterocycles. The Balaban J connectivity index is 4.32. The molecule has 0 aromatic rings. The lowest BCUT2D eigenvalue weighted by Crippen LogP contribution is -2.42. The summed E-state index contributed by atoms with van der Waals surface area (Å²) in [5.74, 6) is -1.98. The predicted octanol–water partition coefficient (Wildman–Crippen LogP) is 0.945. The number of carboxylic acid groups (broad SMARTS) is 1. The van der Waals surface area contributed by atoms with Gasteiger partial charge in [0.1, 0.15) is 6.04 Å². The molecule has 0 radical (unpaired) electrons. The number of methoxy groups -OCH3 is 1. The SMILES string of the molecule is COC(=O)CC[C@H](NC(=O)CC(C)(C)C)C(=O)O. The molecule has 0 aliphatic rings. The fourth-order valence-corrected chi connectivity index (χ4v) is 1.35. The maximum absolute atomic E-state index is 11.6. The fraction of sp³-hybridized carbons (Fsp3) is 0.750. The number of rotatable bonds is 6. The van der Waals surface area contributed by atoms with E-state index >= 15 is 0 Å². The Kier molecular flexibility index (Phi) is 6.36. The number of carbonyl (C=O) groups excluding carboxylic acids is 2. The summed E-state index contributed by atoms with van der Waals surface area (Å²) >= 11 is 0. The van der Waals surface area contributed by atoms with Crippen molar-refractivity contribution in [3.63, 3.8) is 0 Å². The third kappa shape index (κ3) is 7.65. The van der Waals surface area contributed by atoms with Crippen molar-refractivity contribution in [1.29, 1.82) is 0 Å². The van der Waals surface area contributed by atoms with E-state index in [-0.39, 0.29) is 30.6 Å². The van der Waals surface area contributed by atoms with Gasteiger partial charge in [-0.1, -0.05) is 20.8 Å². The van der Waals surface area contributed by atoms with E-state index in [9.17, 15) is 14.4 Å². The number of ether oxygens (including phenoxy) is 1. The number of carboxylic acids is 1. The second-order valence-electron chi connectivity index (χ2n) is 5.31. The van der Waals surface area contributed by atoms with Crippen LogP contribution in [0.1, 0.15) is 40.0 Å². The van der Waals surface area contributed by atoms with E-state index in [0.29, 0.717) is 0 Å². The van der Waals surface area contributed by atoms with Crippen LogP contribution in [0.5, 0.6) is 0 Å². The minimum Gasteiger partial charge on any atom is -0.480 e. The van der Waals surface area contributed by atoms with Crippen LogP contribution in [0, 0.1) is 5.41 Å². The molecule has 0 aromatic carbocycles. The lowest BCUT2D eigenvalue weighted by molar-refractivity contribution is -0.144. The van der Waals surface area contributed by atoms with Gasteiger partial charge in [-0.15, -0.1) is 0 Å². The average Bonchev–Trinajstić information content (AvgIpc) is 2.20. The highest BCUT2D eigenvalue weighted by Gasteiger charge is 2.23. The van der Waals surface area contributed by atoms with E-state index in [2.05, 4.69) is 10.1 Å². The van der Waals surface area contributed by atoms with Crippen molar-refractivity contribution in [2.24, 2.45) is 5.41 Å². The van der Waals surface area contributed by atoms with E-state index in [1.165, 1.54) is 7.11 Å². The Morgan fingerprint density at radius 1 is 1.28 bits per heavy atom. The highest BCUT2D eigenvalue weighted by Crippen LogP contribution is 2.18. The molecule has 0 bridgehead atoms. The summed E-state index contributed by atoms with van der Waals surface area (Å²) in [7, 11) is 1.23. The maximum Gasteiger partial charge on any atom is 0.326 e. The number of carbonyl (C=O) groups is 3. The molecule has 2 N–H and O–H groups in total. The number of aliphatic carboxylic acids is 1. The van der Waals surface area contributed by atoms with Gasteiger partial charge in [-0.2, -0.15) is 0 Å². The molecule has 1 atom stereocenters. The molecular formula is C12H21NO5. The number of hydrogen-bond donors (Lipinski definition) is 2. The zero-order valence-corrected chi connectivity index (χ0v) is 11.3. The summed E-state index contributed by atoms with van der Waals surface area (Å²) in [6, 6.07) is -1.06. The van der Waals surface area contributed by atoms with Crippen LogP contribution in [0.15, 0.2) is 0 Å². The summed E-state index contributed by atoms with van der Waals surface area (Å²) in [6.45, 7) is 5.66. The van der Waals surface area contributed by atoms with E-state index in [1.54, 1.807) is 0 Å². The quantitative estimate of drug-likeness (QED) is 0.693. The molecule has 6 nitrogen and oxygen atoms in total. The van der Waals surface area contributed by atoms with Crippen LogP contribution < -0.4 is 5.32 Å². The van der Waals surface area contributed by atoms with Gasteiger partial charge in [0.15, 0.2) is 0 Å². The molecule has 6 heteroatoms. The smallest absolute Gasteiger partial charge is 0.326 e. The second kappa shape index (κ2) is 6.98. The molecule has 0 rings (SSSR count). The molecule has 18 heavy (non-hydrogen) atoms. The van der Waals surface area contributed by atoms with Gasteiger partial charge in [0.25, 0.3) is 0 Å². The first kappa shape index (κ1) is 16.4. The predicted molar refractivity (Wildman–Crippen MR) is 64.9 cm³/mol. The molecular weight excluding hydrogens is 238 g/mol. The van der Waals surface area contributed by atoms with Crippen LogP contribution in [0.25, 0.3) is 0 Å². The molecule has 0 spiro atoms. The lowest BCUT2D eigenvalue weighted by Gasteiger charge is -2.20. The standard InChI is InChI=1S/C12H21NO5/c1-12(2,3)7-9(14)13-8(11(16)17)5-6-10(15)18-4/h8H,5-7H2,1-4H3,(H,13,14)(H,16,17)/t8-/m0/s1. The van der Waals surface area contributed by atoms with Crippen molar-refractivity contribution in [3.05, 3.63) is 0 Å². The van der Waals surface area contributed by atoms with Crippen LogP contribution in [0.3, 0.4) is 0 Å². The van der Waals surface area contributed by atoms with Crippen LogP contribution in [0.2, 0.25) is 0 Å². The third-order valence-corrected chi connectivity index (χ3v) is 2.19. The zero-order chi connectivity index (χ0) is 14.3. The molecule has 0 fully saturated rings. The number of amides is 1. The highest BCUT2D eigenvalue weighted by molar-refractivity contribution is 5.84. The molecule has 0 aliphatic heterocycles. The van der Waals surface area contributed by atoms with Crippen molar-refractivity contribution in [3.8, 4) is 0 Å². The van der Waals surface area contributed by atoms with Crippen molar-refractivity contribution in [2.75, 3.05) is 7.11 Å². The summed E-state index contributed by atoms with van der Waals surface area (Å²) in [4.78, 5) is 33.5. The Bertz CT molecular complexity index is 319. The summed E-state index contributed by atoms with van der Waals surface area (Å²) in [5.41, 5.74) is -0.213. The van der Waals surface area contributed by atoms with Crippen molar-refractivity contribution in [2.45, 2.75) is 46.1 Å². The molecule has 0 saturated heterocycles. The molecule has 0 saturated carbocycles. The molecule has 0 aliphatic carbocycles. The Morgan fingerprint density at radius 3 is 2.22 bits per heavy atom. The zero-order valence-electron chi connectivity index (χ0n) is 11.3. The first-order valence-corrected chi connectivity index (χ1v) is 5.74. The van der Waals surface area contributed by atoms with Gasteiger partial charge in [-0.3, -0.25) is 9.59 Å². The monoisotopic (exact) mass is 259 g/mol. The lowest BCUT2D eigenvalue weighted by atomic mass is 9.92. The van der Waals surface area contributed by atoms with Crippen molar-refractivity contribution >= 4 is 17.8 Å². The van der Waals surface area contributed by atoms with Gasteiger partial charge < -0.3 is 15.2 Å². The largest absolute Gasteiger partial charge is 0.480 e. The number of hydrogen-bond acceptors (Lipinski definition) is 4. The number of esters is 1. The molecule has 1 amide bonds. The summed E-state index contributed by atoms with van der Waals surface area (Å²) < 4.78 is 4.42. The van der Waals surface area contributed by atoms with Crippen LogP contribution in [-0.4, -0.2) is 36.1 Å². The van der Waals surface area contributed by atoms with E-state index in [0.717, 1.165) is 0 Å². The Hall–Kier alpha value is -1.59. The van der Waals surface area contributed by atoms with Crippen LogP contribution in [0.4, 0.5) is 0 Å². The maximum atomic E-state index is 11.6. The van der Waals surface area contributed by atoms with Crippen LogP contribution in [-0.2, 0) is 19.1 Å². The van der Waals surface area contributed by atoms with Crippen molar-refractivity contribution < 1.29 is 24.2 Å². The number of nitrogens with one attached hydrogen (secondary N) is 1. The second-order valence-corrected chi connectivity index (χ2v) is 5.31. The topological polar surface area (TPSA) is 92.7 Å². The first-order chi connectivity index (χ1) is 8.15. The fourth-order valence-electron chi connectivity index (χ4n) is 1.35. The van der Waals surface area contributed by atoms with Gasteiger partial charge in [0, 0.05) is 12.8 Å². The van der Waals surface area contributed by atoms with Gasteiger partial charge in [0.05, 0.1) is 7.11 Å². The Labute approximate surface area is 107 Å². The third-order valence-electron chi connectivity index (χ3n) is 2.19. The minimum atomic E-state index is -1.15. The summed E-state index contributed by atoms with van der Waals surface area (Å²) in [5, 5.41) is 11.3. The Morgan fingerprint density at radius 2 is 1.83 bits per heavy atom. The van der Waals surface area contributed by atoms with Gasteiger partial charge >= 0.3 is 11.9 Å². The van der Waals surface area contributed by atoms with Gasteiger partial charge in [-0.05, 0) is 11.8 Å². The normalized spacial score (nSPS) is 12.7. The molecule has 0 unspecified atom stereocenters. The first-order valence-electron chi connectivity index (χ1n) is 5.74. The van der Waals surface area contributed by atoms with Gasteiger partial charge in [-0.25, -0.2) is 4.79 Å². The summed E-state index contributed by atoms with van der Waals surface area (Å²) in [6.07, 6.45) is 0.218. The van der Waals surface area contributed by atoms with Gasteiger partial charge in [0.2, 0.25) is 5.91 Å². The van der Waals surface area contributed by atoms with E-state index in [1.807, 2.05) is 20.8 Å². The average molecular weight is 259 g/mol. The highest BCUT2D eigenvalue weighted by atomic mass is 16.5. The molecule has 0 heterocycles.